The van der Waals surface area contributed by atoms with E-state index >= 15 is 0 Å². The highest BCUT2D eigenvalue weighted by Gasteiger charge is 2.24. The Kier molecular flexibility index (Phi) is 6.13. The van der Waals surface area contributed by atoms with Gasteiger partial charge in [-0.05, 0) is 53.9 Å². The highest BCUT2D eigenvalue weighted by atomic mass is 28.3. The largest absolute Gasteiger partial charge is 0.455 e. The van der Waals surface area contributed by atoms with Crippen molar-refractivity contribution < 1.29 is 13.4 Å². The summed E-state index contributed by atoms with van der Waals surface area (Å²) in [6.45, 7) is 9.26. The maximum atomic E-state index is 14.1. The van der Waals surface area contributed by atoms with Crippen molar-refractivity contribution in [2.75, 3.05) is 0 Å². The fourth-order valence-electron chi connectivity index (χ4n) is 6.78. The molecular formula is C40H34FN2OSi+. The minimum absolute atomic E-state index is 0.300. The van der Waals surface area contributed by atoms with E-state index in [-0.39, 0.29) is 5.82 Å². The van der Waals surface area contributed by atoms with Gasteiger partial charge in [0.1, 0.15) is 24.0 Å². The van der Waals surface area contributed by atoms with Gasteiger partial charge in [0.15, 0.2) is 6.20 Å². The molecule has 0 spiro atoms. The molecule has 8 aromatic rings. The zero-order valence-corrected chi connectivity index (χ0v) is 27.2. The number of aryl methyl sites for hydroxylation is 2. The predicted octanol–water partition coefficient (Wildman–Crippen LogP) is 9.83. The molecular weight excluding hydrogens is 572 g/mol. The van der Waals surface area contributed by atoms with Gasteiger partial charge in [-0.3, -0.25) is 0 Å². The molecule has 0 bridgehead atoms. The van der Waals surface area contributed by atoms with Gasteiger partial charge in [0, 0.05) is 34.0 Å². The topological polar surface area (TPSA) is 21.9 Å². The van der Waals surface area contributed by atoms with Crippen molar-refractivity contribution in [1.82, 2.24) is 4.57 Å². The van der Waals surface area contributed by atoms with Crippen LogP contribution in [-0.4, -0.2) is 12.6 Å². The van der Waals surface area contributed by atoms with Crippen LogP contribution >= 0.6 is 0 Å². The molecule has 3 nitrogen and oxygen atoms in total. The number of para-hydroxylation sites is 1. The minimum Gasteiger partial charge on any atom is -0.455 e. The predicted molar refractivity (Wildman–Crippen MR) is 188 cm³/mol. The summed E-state index contributed by atoms with van der Waals surface area (Å²) >= 11 is 0. The van der Waals surface area contributed by atoms with Crippen molar-refractivity contribution in [2.24, 2.45) is 7.05 Å². The SMILES string of the molecule is Cc1ccc2c(oc3cc(F)ccc32)c1-c1cc2c(c[n+]1C)c1ccccc1n2-c1ccc(-c2ccc([Si](C)(C)C)cc2)cc1. The molecule has 0 saturated heterocycles. The van der Waals surface area contributed by atoms with Gasteiger partial charge in [0.25, 0.3) is 0 Å². The van der Waals surface area contributed by atoms with Gasteiger partial charge in [-0.15, -0.1) is 0 Å². The van der Waals surface area contributed by atoms with Crippen LogP contribution in [0.25, 0.3) is 71.8 Å². The van der Waals surface area contributed by atoms with Gasteiger partial charge in [0.05, 0.1) is 30.1 Å². The van der Waals surface area contributed by atoms with E-state index in [4.69, 9.17) is 4.42 Å². The summed E-state index contributed by atoms with van der Waals surface area (Å²) in [7, 11) is 0.743. The number of benzene rings is 5. The van der Waals surface area contributed by atoms with Crippen LogP contribution in [-0.2, 0) is 7.05 Å². The van der Waals surface area contributed by atoms with Crippen LogP contribution in [0.5, 0.6) is 0 Å². The first-order valence-electron chi connectivity index (χ1n) is 15.4. The summed E-state index contributed by atoms with van der Waals surface area (Å²) in [5.74, 6) is -0.300. The number of nitrogens with zero attached hydrogens (tertiary/aromatic N) is 2. The molecule has 0 N–H and O–H groups in total. The van der Waals surface area contributed by atoms with Crippen molar-refractivity contribution in [2.45, 2.75) is 26.6 Å². The average Bonchev–Trinajstić information content (AvgIpc) is 3.55. The Hall–Kier alpha value is -5.00. The first-order valence-corrected chi connectivity index (χ1v) is 18.9. The van der Waals surface area contributed by atoms with Gasteiger partial charge < -0.3 is 8.98 Å². The summed E-state index contributed by atoms with van der Waals surface area (Å²) in [6, 6.07) is 37.8. The maximum absolute atomic E-state index is 14.1. The number of furan rings is 1. The molecule has 0 radical (unpaired) electrons. The number of halogens is 1. The van der Waals surface area contributed by atoms with Gasteiger partial charge in [-0.2, -0.15) is 0 Å². The summed E-state index contributed by atoms with van der Waals surface area (Å²) in [6.07, 6.45) is 2.22. The number of rotatable bonds is 4. The van der Waals surface area contributed by atoms with Crippen LogP contribution < -0.4 is 9.75 Å². The lowest BCUT2D eigenvalue weighted by atomic mass is 10.00. The zero-order valence-electron chi connectivity index (χ0n) is 26.2. The van der Waals surface area contributed by atoms with Gasteiger partial charge in [0.2, 0.25) is 5.69 Å². The third-order valence-corrected chi connectivity index (χ3v) is 11.3. The number of fused-ring (bicyclic) bond motifs is 6. The Bertz CT molecular complexity index is 2430. The van der Waals surface area contributed by atoms with Crippen molar-refractivity contribution in [3.05, 3.63) is 127 Å². The molecule has 45 heavy (non-hydrogen) atoms. The van der Waals surface area contributed by atoms with Crippen LogP contribution in [0.15, 0.2) is 120 Å². The quantitative estimate of drug-likeness (QED) is 0.145. The fraction of sp³-hybridized carbons (Fsp3) is 0.125. The molecule has 8 rings (SSSR count). The van der Waals surface area contributed by atoms with Gasteiger partial charge >= 0.3 is 0 Å². The Morgan fingerprint density at radius 1 is 0.689 bits per heavy atom. The van der Waals surface area contributed by atoms with Crippen LogP contribution in [0.3, 0.4) is 0 Å². The summed E-state index contributed by atoms with van der Waals surface area (Å²) in [4.78, 5) is 0. The lowest BCUT2D eigenvalue weighted by molar-refractivity contribution is -0.659. The monoisotopic (exact) mass is 605 g/mol. The summed E-state index contributed by atoms with van der Waals surface area (Å²) in [5, 5.41) is 5.76. The molecule has 0 unspecified atom stereocenters. The van der Waals surface area contributed by atoms with Crippen molar-refractivity contribution in [3.63, 3.8) is 0 Å². The van der Waals surface area contributed by atoms with E-state index in [1.54, 1.807) is 6.07 Å². The Morgan fingerprint density at radius 3 is 2.11 bits per heavy atom. The Labute approximate surface area is 262 Å². The Morgan fingerprint density at radius 2 is 1.38 bits per heavy atom. The van der Waals surface area contributed by atoms with E-state index in [0.717, 1.165) is 49.9 Å². The molecule has 0 aliphatic rings. The molecule has 5 aromatic carbocycles. The molecule has 0 fully saturated rings. The molecule has 3 aromatic heterocycles. The normalized spacial score (nSPS) is 12.2. The molecule has 0 saturated carbocycles. The molecule has 3 heterocycles. The number of hydrogen-bond acceptors (Lipinski definition) is 1. The third kappa shape index (κ3) is 4.41. The lowest BCUT2D eigenvalue weighted by Crippen LogP contribution is -2.37. The van der Waals surface area contributed by atoms with Crippen LogP contribution in [0.2, 0.25) is 19.6 Å². The average molecular weight is 606 g/mol. The molecule has 0 atom stereocenters. The molecule has 0 aliphatic carbocycles. The van der Waals surface area contributed by atoms with E-state index in [1.165, 1.54) is 39.2 Å². The van der Waals surface area contributed by atoms with E-state index in [2.05, 4.69) is 140 Å². The van der Waals surface area contributed by atoms with Gasteiger partial charge in [-0.25, -0.2) is 8.96 Å². The van der Waals surface area contributed by atoms with Crippen LogP contribution in [0, 0.1) is 12.7 Å². The summed E-state index contributed by atoms with van der Waals surface area (Å²) in [5.41, 5.74) is 10.3. The molecule has 5 heteroatoms. The molecule has 0 aliphatic heterocycles. The van der Waals surface area contributed by atoms with Crippen molar-refractivity contribution in [1.29, 1.82) is 0 Å². The van der Waals surface area contributed by atoms with Crippen molar-refractivity contribution in [3.8, 4) is 28.1 Å². The Balaban J connectivity index is 1.32. The van der Waals surface area contributed by atoms with E-state index in [0.29, 0.717) is 5.58 Å². The zero-order chi connectivity index (χ0) is 31.0. The highest BCUT2D eigenvalue weighted by Crippen LogP contribution is 2.39. The number of hydrogen-bond donors (Lipinski definition) is 0. The van der Waals surface area contributed by atoms with E-state index in [1.807, 2.05) is 0 Å². The van der Waals surface area contributed by atoms with E-state index in [9.17, 15) is 4.39 Å². The third-order valence-electron chi connectivity index (χ3n) is 9.21. The molecule has 0 amide bonds. The standard InChI is InChI=1S/C40H34FN2OSi/c1-25-10-20-33-32-21-15-28(41)22-38(32)44-40(33)39(25)37-23-36-34(24-42(37)2)31-8-6-7-9-35(31)43(36)29-16-11-26(12-17-29)27-13-18-30(19-14-27)45(3,4)5/h6-24H,1-5H3/q+1. The maximum Gasteiger partial charge on any atom is 0.218 e. The summed E-state index contributed by atoms with van der Waals surface area (Å²) < 4.78 is 25.0. The lowest BCUT2D eigenvalue weighted by Gasteiger charge is -2.17. The fourth-order valence-corrected chi connectivity index (χ4v) is 7.95. The second-order valence-corrected chi connectivity index (χ2v) is 18.2. The number of pyridine rings is 1. The van der Waals surface area contributed by atoms with Crippen molar-refractivity contribution >= 4 is 57.0 Å². The van der Waals surface area contributed by atoms with E-state index < -0.39 is 8.07 Å². The first kappa shape index (κ1) is 27.5. The smallest absolute Gasteiger partial charge is 0.218 e. The minimum atomic E-state index is -1.34. The number of aromatic nitrogens is 2. The van der Waals surface area contributed by atoms with Gasteiger partial charge in [-0.1, -0.05) is 91.6 Å². The second-order valence-electron chi connectivity index (χ2n) is 13.2. The second kappa shape index (κ2) is 10.0. The first-order chi connectivity index (χ1) is 21.7. The molecule has 220 valence electrons. The highest BCUT2D eigenvalue weighted by molar-refractivity contribution is 6.88. The van der Waals surface area contributed by atoms with Crippen LogP contribution in [0.4, 0.5) is 4.39 Å². The van der Waals surface area contributed by atoms with Crippen LogP contribution in [0.1, 0.15) is 5.56 Å².